The molecule has 0 spiro atoms. The Morgan fingerprint density at radius 3 is 2.44 bits per heavy atom. The Morgan fingerprint density at radius 1 is 1.44 bits per heavy atom. The molecule has 0 saturated carbocycles. The Hall–Kier alpha value is -0.610. The number of hydrogen-bond acceptors (Lipinski definition) is 3. The Labute approximate surface area is 98.3 Å². The fourth-order valence-corrected chi connectivity index (χ4v) is 2.31. The number of nitrogens with zero attached hydrogens (tertiary/aromatic N) is 1. The summed E-state index contributed by atoms with van der Waals surface area (Å²) in [6.07, 6.45) is 1.54. The second-order valence-electron chi connectivity index (χ2n) is 5.03. The van der Waals surface area contributed by atoms with Gasteiger partial charge in [0.05, 0.1) is 0 Å². The van der Waals surface area contributed by atoms with E-state index in [1.54, 1.807) is 12.0 Å². The Kier molecular flexibility index (Phi) is 4.74. The lowest BCUT2D eigenvalue weighted by atomic mass is 9.90. The molecule has 0 atom stereocenters. The van der Waals surface area contributed by atoms with Gasteiger partial charge in [0.2, 0.25) is 0 Å². The van der Waals surface area contributed by atoms with Crippen LogP contribution in [-0.4, -0.2) is 50.2 Å². The van der Waals surface area contributed by atoms with E-state index in [0.29, 0.717) is 5.92 Å². The summed E-state index contributed by atoms with van der Waals surface area (Å²) in [4.78, 5) is 14.2. The monoisotopic (exact) mass is 228 g/mol. The molecule has 0 aromatic heterocycles. The van der Waals surface area contributed by atoms with Crippen molar-refractivity contribution in [3.8, 4) is 0 Å². The molecule has 4 nitrogen and oxygen atoms in total. The SMILES string of the molecule is COC1(C(=O)N(C)CC(C)C)CCNCC1. The zero-order chi connectivity index (χ0) is 12.2. The molecular weight excluding hydrogens is 204 g/mol. The molecule has 1 fully saturated rings. The number of carbonyl (C=O) groups excluding carboxylic acids is 1. The van der Waals surface area contributed by atoms with Gasteiger partial charge in [-0.2, -0.15) is 0 Å². The summed E-state index contributed by atoms with van der Waals surface area (Å²) in [7, 11) is 3.51. The number of carbonyl (C=O) groups is 1. The highest BCUT2D eigenvalue weighted by atomic mass is 16.5. The first-order valence-electron chi connectivity index (χ1n) is 6.03. The van der Waals surface area contributed by atoms with Gasteiger partial charge < -0.3 is 15.0 Å². The second kappa shape index (κ2) is 5.64. The average molecular weight is 228 g/mol. The number of rotatable bonds is 4. The fourth-order valence-electron chi connectivity index (χ4n) is 2.31. The van der Waals surface area contributed by atoms with Gasteiger partial charge in [0.1, 0.15) is 5.60 Å². The number of likely N-dealkylation sites (N-methyl/N-ethyl adjacent to an activating group) is 1. The molecule has 1 amide bonds. The molecule has 0 bridgehead atoms. The topological polar surface area (TPSA) is 41.6 Å². The van der Waals surface area contributed by atoms with E-state index >= 15 is 0 Å². The quantitative estimate of drug-likeness (QED) is 0.776. The van der Waals surface area contributed by atoms with E-state index in [4.69, 9.17) is 4.74 Å². The summed E-state index contributed by atoms with van der Waals surface area (Å²) in [5.41, 5.74) is -0.588. The molecule has 1 N–H and O–H groups in total. The van der Waals surface area contributed by atoms with Crippen molar-refractivity contribution in [2.24, 2.45) is 5.92 Å². The van der Waals surface area contributed by atoms with E-state index in [9.17, 15) is 4.79 Å². The molecule has 0 aliphatic carbocycles. The lowest BCUT2D eigenvalue weighted by Crippen LogP contribution is -2.55. The summed E-state index contributed by atoms with van der Waals surface area (Å²) < 4.78 is 5.51. The zero-order valence-electron chi connectivity index (χ0n) is 10.9. The van der Waals surface area contributed by atoms with Gasteiger partial charge in [0.25, 0.3) is 5.91 Å². The highest BCUT2D eigenvalue weighted by Gasteiger charge is 2.41. The van der Waals surface area contributed by atoms with Crippen molar-refractivity contribution in [3.05, 3.63) is 0 Å². The number of piperidine rings is 1. The molecule has 1 aliphatic rings. The Morgan fingerprint density at radius 2 is 2.00 bits per heavy atom. The van der Waals surface area contributed by atoms with Crippen LogP contribution in [0.1, 0.15) is 26.7 Å². The molecule has 16 heavy (non-hydrogen) atoms. The first-order chi connectivity index (χ1) is 7.52. The minimum Gasteiger partial charge on any atom is -0.368 e. The number of hydrogen-bond donors (Lipinski definition) is 1. The predicted octanol–water partition coefficient (Wildman–Crippen LogP) is 0.869. The lowest BCUT2D eigenvalue weighted by Gasteiger charge is -2.38. The predicted molar refractivity (Wildman–Crippen MR) is 64.3 cm³/mol. The van der Waals surface area contributed by atoms with Crippen LogP contribution in [0.25, 0.3) is 0 Å². The largest absolute Gasteiger partial charge is 0.368 e. The van der Waals surface area contributed by atoms with Gasteiger partial charge in [-0.1, -0.05) is 13.8 Å². The third-order valence-electron chi connectivity index (χ3n) is 3.18. The highest BCUT2D eigenvalue weighted by Crippen LogP contribution is 2.24. The van der Waals surface area contributed by atoms with Gasteiger partial charge in [-0.15, -0.1) is 0 Å². The van der Waals surface area contributed by atoms with Crippen LogP contribution in [-0.2, 0) is 9.53 Å². The molecule has 0 radical (unpaired) electrons. The Bertz CT molecular complexity index is 235. The van der Waals surface area contributed by atoms with Gasteiger partial charge in [0.15, 0.2) is 0 Å². The number of nitrogens with one attached hydrogen (secondary N) is 1. The fraction of sp³-hybridized carbons (Fsp3) is 0.917. The standard InChI is InChI=1S/C12H24N2O2/c1-10(2)9-14(3)11(15)12(16-4)5-7-13-8-6-12/h10,13H,5-9H2,1-4H3. The molecule has 94 valence electrons. The summed E-state index contributed by atoms with van der Waals surface area (Å²) in [5, 5.41) is 3.26. The summed E-state index contributed by atoms with van der Waals surface area (Å²) in [5.74, 6) is 0.620. The summed E-state index contributed by atoms with van der Waals surface area (Å²) >= 11 is 0. The molecule has 0 unspecified atom stereocenters. The van der Waals surface area contributed by atoms with Crippen molar-refractivity contribution in [2.75, 3.05) is 33.8 Å². The summed E-state index contributed by atoms with van der Waals surface area (Å²) in [6, 6.07) is 0. The molecule has 4 heteroatoms. The van der Waals surface area contributed by atoms with E-state index in [-0.39, 0.29) is 5.91 Å². The molecule has 1 heterocycles. The van der Waals surface area contributed by atoms with Gasteiger partial charge in [-0.05, 0) is 31.8 Å². The number of ether oxygens (including phenoxy) is 1. The second-order valence-corrected chi connectivity index (χ2v) is 5.03. The highest BCUT2D eigenvalue weighted by molar-refractivity contribution is 5.85. The lowest BCUT2D eigenvalue weighted by molar-refractivity contribution is -0.157. The van der Waals surface area contributed by atoms with E-state index in [1.165, 1.54) is 0 Å². The van der Waals surface area contributed by atoms with E-state index in [0.717, 1.165) is 32.5 Å². The average Bonchev–Trinajstić information content (AvgIpc) is 2.28. The van der Waals surface area contributed by atoms with Crippen LogP contribution in [0.4, 0.5) is 0 Å². The van der Waals surface area contributed by atoms with E-state index in [1.807, 2.05) is 7.05 Å². The van der Waals surface area contributed by atoms with Crippen LogP contribution in [0.5, 0.6) is 0 Å². The van der Waals surface area contributed by atoms with Crippen LogP contribution in [0.3, 0.4) is 0 Å². The smallest absolute Gasteiger partial charge is 0.254 e. The van der Waals surface area contributed by atoms with Crippen LogP contribution < -0.4 is 5.32 Å². The Balaban J connectivity index is 2.67. The minimum atomic E-state index is -0.588. The van der Waals surface area contributed by atoms with Gasteiger partial charge in [-0.25, -0.2) is 0 Å². The normalized spacial score (nSPS) is 19.8. The maximum absolute atomic E-state index is 12.4. The van der Waals surface area contributed by atoms with Crippen LogP contribution in [0, 0.1) is 5.92 Å². The van der Waals surface area contributed by atoms with Crippen molar-refractivity contribution in [3.63, 3.8) is 0 Å². The molecule has 0 aromatic rings. The molecular formula is C12H24N2O2. The van der Waals surface area contributed by atoms with Crippen LogP contribution in [0.15, 0.2) is 0 Å². The molecule has 1 rings (SSSR count). The van der Waals surface area contributed by atoms with Crippen LogP contribution >= 0.6 is 0 Å². The maximum atomic E-state index is 12.4. The molecule has 1 aliphatic heterocycles. The van der Waals surface area contributed by atoms with Gasteiger partial charge in [0, 0.05) is 20.7 Å². The van der Waals surface area contributed by atoms with Crippen molar-refractivity contribution in [1.82, 2.24) is 10.2 Å². The number of methoxy groups -OCH3 is 1. The van der Waals surface area contributed by atoms with E-state index < -0.39 is 5.60 Å². The first kappa shape index (κ1) is 13.5. The van der Waals surface area contributed by atoms with Gasteiger partial charge in [-0.3, -0.25) is 4.79 Å². The van der Waals surface area contributed by atoms with Crippen molar-refractivity contribution in [1.29, 1.82) is 0 Å². The van der Waals surface area contributed by atoms with Crippen molar-refractivity contribution < 1.29 is 9.53 Å². The third kappa shape index (κ3) is 2.95. The van der Waals surface area contributed by atoms with E-state index in [2.05, 4.69) is 19.2 Å². The maximum Gasteiger partial charge on any atom is 0.254 e. The molecule has 1 saturated heterocycles. The first-order valence-corrected chi connectivity index (χ1v) is 6.03. The van der Waals surface area contributed by atoms with Crippen molar-refractivity contribution in [2.45, 2.75) is 32.3 Å². The zero-order valence-corrected chi connectivity index (χ0v) is 10.9. The van der Waals surface area contributed by atoms with Gasteiger partial charge >= 0.3 is 0 Å². The molecule has 0 aromatic carbocycles. The van der Waals surface area contributed by atoms with Crippen LogP contribution in [0.2, 0.25) is 0 Å². The van der Waals surface area contributed by atoms with Crippen molar-refractivity contribution >= 4 is 5.91 Å². The minimum absolute atomic E-state index is 0.130. The summed E-state index contributed by atoms with van der Waals surface area (Å²) in [6.45, 7) is 6.74. The third-order valence-corrected chi connectivity index (χ3v) is 3.18. The number of amides is 1.